The number of hydrogen-bond acceptors (Lipinski definition) is 4. The molecular weight excluding hydrogens is 384 g/mol. The van der Waals surface area contributed by atoms with Crippen molar-refractivity contribution in [3.8, 4) is 5.75 Å². The first-order chi connectivity index (χ1) is 12.1. The van der Waals surface area contributed by atoms with Gasteiger partial charge in [0.1, 0.15) is 17.3 Å². The van der Waals surface area contributed by atoms with Gasteiger partial charge < -0.3 is 9.47 Å². The number of carbonyl (C=O) groups is 2. The Morgan fingerprint density at radius 2 is 1.60 bits per heavy atom. The van der Waals surface area contributed by atoms with E-state index in [1.807, 2.05) is 18.2 Å². The lowest BCUT2D eigenvalue weighted by molar-refractivity contribution is -0.117. The molecule has 25 heavy (non-hydrogen) atoms. The molecule has 4 rings (SSSR count). The van der Waals surface area contributed by atoms with E-state index < -0.39 is 0 Å². The Morgan fingerprint density at radius 1 is 1.00 bits per heavy atom. The summed E-state index contributed by atoms with van der Waals surface area (Å²) < 4.78 is 12.5. The van der Waals surface area contributed by atoms with Crippen molar-refractivity contribution >= 4 is 27.5 Å². The van der Waals surface area contributed by atoms with Gasteiger partial charge in [-0.2, -0.15) is 0 Å². The van der Waals surface area contributed by atoms with Crippen LogP contribution in [-0.4, -0.2) is 18.7 Å². The number of benzene rings is 1. The molecular formula is C20H19BrO4. The van der Waals surface area contributed by atoms with Crippen LogP contribution in [0.3, 0.4) is 0 Å². The van der Waals surface area contributed by atoms with E-state index in [9.17, 15) is 9.59 Å². The first-order valence-electron chi connectivity index (χ1n) is 8.64. The molecule has 2 aliphatic carbocycles. The summed E-state index contributed by atoms with van der Waals surface area (Å²) in [5.41, 5.74) is 2.15. The van der Waals surface area contributed by atoms with Crippen LogP contribution in [0.5, 0.6) is 5.75 Å². The van der Waals surface area contributed by atoms with E-state index in [2.05, 4.69) is 15.9 Å². The molecule has 0 amide bonds. The van der Waals surface area contributed by atoms with Gasteiger partial charge in [-0.25, -0.2) is 0 Å². The SMILES string of the molecule is COc1ccc(Br)cc1C1C2=C(CCCC2=O)OC2=C1C(=O)CCC2. The Morgan fingerprint density at radius 3 is 2.16 bits per heavy atom. The summed E-state index contributed by atoms with van der Waals surface area (Å²) in [6.07, 6.45) is 4.11. The molecule has 0 unspecified atom stereocenters. The molecule has 0 saturated heterocycles. The number of allylic oxidation sites excluding steroid dienone is 4. The maximum atomic E-state index is 12.8. The van der Waals surface area contributed by atoms with Crippen molar-refractivity contribution in [3.05, 3.63) is 50.9 Å². The van der Waals surface area contributed by atoms with Crippen LogP contribution in [0.1, 0.15) is 50.0 Å². The Kier molecular flexibility index (Phi) is 4.28. The Hall–Kier alpha value is -1.88. The second-order valence-corrected chi connectivity index (χ2v) is 7.56. The summed E-state index contributed by atoms with van der Waals surface area (Å²) in [5, 5.41) is 0. The zero-order valence-electron chi connectivity index (χ0n) is 14.1. The van der Waals surface area contributed by atoms with Gasteiger partial charge >= 0.3 is 0 Å². The van der Waals surface area contributed by atoms with Gasteiger partial charge in [-0.15, -0.1) is 0 Å². The number of hydrogen-bond donors (Lipinski definition) is 0. The van der Waals surface area contributed by atoms with Crippen molar-refractivity contribution in [1.82, 2.24) is 0 Å². The van der Waals surface area contributed by atoms with Crippen molar-refractivity contribution in [2.24, 2.45) is 0 Å². The fraction of sp³-hybridized carbons (Fsp3) is 0.400. The van der Waals surface area contributed by atoms with Crippen LogP contribution in [0.2, 0.25) is 0 Å². The minimum Gasteiger partial charge on any atom is -0.496 e. The number of halogens is 1. The second kappa shape index (κ2) is 6.45. The molecule has 130 valence electrons. The zero-order valence-corrected chi connectivity index (χ0v) is 15.6. The molecule has 0 bridgehead atoms. The van der Waals surface area contributed by atoms with Crippen LogP contribution >= 0.6 is 15.9 Å². The Balaban J connectivity index is 1.96. The molecule has 0 radical (unpaired) electrons. The monoisotopic (exact) mass is 402 g/mol. The zero-order chi connectivity index (χ0) is 17.6. The van der Waals surface area contributed by atoms with Gasteiger partial charge in [0.15, 0.2) is 11.6 Å². The van der Waals surface area contributed by atoms with E-state index >= 15 is 0 Å². The van der Waals surface area contributed by atoms with Gasteiger partial charge in [-0.1, -0.05) is 15.9 Å². The number of ketones is 2. The molecule has 4 nitrogen and oxygen atoms in total. The van der Waals surface area contributed by atoms with Gasteiger partial charge in [-0.3, -0.25) is 9.59 Å². The highest BCUT2D eigenvalue weighted by atomic mass is 79.9. The summed E-state index contributed by atoms with van der Waals surface area (Å²) in [6.45, 7) is 0. The van der Waals surface area contributed by atoms with Gasteiger partial charge in [0.2, 0.25) is 0 Å². The van der Waals surface area contributed by atoms with Gasteiger partial charge in [0.25, 0.3) is 0 Å². The first kappa shape index (κ1) is 16.6. The molecule has 1 aliphatic heterocycles. The number of rotatable bonds is 2. The molecule has 0 fully saturated rings. The first-order valence-corrected chi connectivity index (χ1v) is 9.43. The van der Waals surface area contributed by atoms with E-state index in [1.165, 1.54) is 0 Å². The molecule has 0 aromatic heterocycles. The van der Waals surface area contributed by atoms with Crippen molar-refractivity contribution < 1.29 is 19.1 Å². The van der Waals surface area contributed by atoms with Crippen LogP contribution in [0.4, 0.5) is 0 Å². The van der Waals surface area contributed by atoms with Gasteiger partial charge in [-0.05, 0) is 31.0 Å². The lowest BCUT2D eigenvalue weighted by Gasteiger charge is -2.36. The molecule has 0 N–H and O–H groups in total. The summed E-state index contributed by atoms with van der Waals surface area (Å²) in [4.78, 5) is 25.5. The normalized spacial score (nSPS) is 21.0. The fourth-order valence-corrected chi connectivity index (χ4v) is 4.44. The number of carbonyl (C=O) groups excluding carboxylic acids is 2. The van der Waals surface area contributed by atoms with Gasteiger partial charge in [0.05, 0.1) is 13.0 Å². The lowest BCUT2D eigenvalue weighted by Crippen LogP contribution is -2.30. The van der Waals surface area contributed by atoms with Crippen LogP contribution in [0, 0.1) is 0 Å². The van der Waals surface area contributed by atoms with Crippen LogP contribution in [-0.2, 0) is 14.3 Å². The van der Waals surface area contributed by atoms with E-state index in [0.717, 1.165) is 47.2 Å². The Labute approximate surface area is 155 Å². The van der Waals surface area contributed by atoms with Crippen molar-refractivity contribution in [3.63, 3.8) is 0 Å². The maximum absolute atomic E-state index is 12.8. The van der Waals surface area contributed by atoms with Crippen molar-refractivity contribution in [2.75, 3.05) is 7.11 Å². The third-order valence-electron chi connectivity index (χ3n) is 5.14. The van der Waals surface area contributed by atoms with E-state index in [1.54, 1.807) is 7.11 Å². The van der Waals surface area contributed by atoms with Crippen LogP contribution in [0.25, 0.3) is 0 Å². The van der Waals surface area contributed by atoms with E-state index in [0.29, 0.717) is 29.7 Å². The highest BCUT2D eigenvalue weighted by Gasteiger charge is 2.42. The summed E-state index contributed by atoms with van der Waals surface area (Å²) in [5.74, 6) is 1.96. The molecule has 0 atom stereocenters. The lowest BCUT2D eigenvalue weighted by atomic mass is 9.73. The quantitative estimate of drug-likeness (QED) is 0.725. The van der Waals surface area contributed by atoms with Gasteiger partial charge in [0, 0.05) is 46.9 Å². The second-order valence-electron chi connectivity index (χ2n) is 6.65. The highest BCUT2D eigenvalue weighted by molar-refractivity contribution is 9.10. The number of methoxy groups -OCH3 is 1. The van der Waals surface area contributed by atoms with E-state index in [4.69, 9.17) is 9.47 Å². The molecule has 5 heteroatoms. The van der Waals surface area contributed by atoms with Crippen LogP contribution < -0.4 is 4.74 Å². The third kappa shape index (κ3) is 2.74. The van der Waals surface area contributed by atoms with E-state index in [-0.39, 0.29) is 17.5 Å². The van der Waals surface area contributed by atoms with Crippen molar-refractivity contribution in [1.29, 1.82) is 0 Å². The summed E-state index contributed by atoms with van der Waals surface area (Å²) in [7, 11) is 1.61. The topological polar surface area (TPSA) is 52.6 Å². The Bertz CT molecular complexity index is 792. The number of Topliss-reactive ketones (excluding diaryl/α,β-unsaturated/α-hetero) is 2. The standard InChI is InChI=1S/C20H19BrO4/c1-24-15-9-8-11(21)10-12(15)18-19-13(22)4-2-6-16(19)25-17-7-3-5-14(23)20(17)18/h8-10,18H,2-7H2,1H3. The molecule has 1 heterocycles. The largest absolute Gasteiger partial charge is 0.496 e. The molecule has 1 aromatic carbocycles. The predicted octanol–water partition coefficient (Wildman–Crippen LogP) is 4.59. The van der Waals surface area contributed by atoms with Crippen LogP contribution in [0.15, 0.2) is 45.3 Å². The van der Waals surface area contributed by atoms with Crippen molar-refractivity contribution in [2.45, 2.75) is 44.4 Å². The number of ether oxygens (including phenoxy) is 2. The smallest absolute Gasteiger partial charge is 0.163 e. The fourth-order valence-electron chi connectivity index (χ4n) is 4.06. The molecule has 3 aliphatic rings. The predicted molar refractivity (Wildman–Crippen MR) is 96.3 cm³/mol. The molecule has 0 saturated carbocycles. The average molecular weight is 403 g/mol. The summed E-state index contributed by atoms with van der Waals surface area (Å²) >= 11 is 3.51. The third-order valence-corrected chi connectivity index (χ3v) is 5.64. The highest BCUT2D eigenvalue weighted by Crippen LogP contribution is 2.49. The maximum Gasteiger partial charge on any atom is 0.163 e. The average Bonchev–Trinajstić information content (AvgIpc) is 2.60. The summed E-state index contributed by atoms with van der Waals surface area (Å²) in [6, 6.07) is 5.72. The molecule has 0 spiro atoms. The molecule has 1 aromatic rings. The minimum atomic E-state index is -0.383. The minimum absolute atomic E-state index is 0.0817.